The van der Waals surface area contributed by atoms with Crippen LogP contribution >= 0.6 is 15.9 Å². The molecule has 1 aromatic rings. The molecule has 2 aliphatic rings. The highest BCUT2D eigenvalue weighted by molar-refractivity contribution is 9.10. The number of fused-ring (bicyclic) bond motifs is 1. The Labute approximate surface area is 184 Å². The average Bonchev–Trinajstić information content (AvgIpc) is 2.99. The van der Waals surface area contributed by atoms with Crippen molar-refractivity contribution in [2.24, 2.45) is 0 Å². The normalized spacial score (nSPS) is 22.3. The van der Waals surface area contributed by atoms with Crippen molar-refractivity contribution >= 4 is 35.8 Å². The predicted molar refractivity (Wildman–Crippen MR) is 123 cm³/mol. The molecule has 160 valence electrons. The molecule has 1 aromatic carbocycles. The molecule has 0 N–H and O–H groups in total. The molecule has 0 atom stereocenters. The number of benzene rings is 1. The number of rotatable bonds is 9. The number of nitrogens with zero attached hydrogens (tertiary/aromatic N) is 1. The highest BCUT2D eigenvalue weighted by atomic mass is 79.9. The van der Waals surface area contributed by atoms with Gasteiger partial charge in [-0.25, -0.2) is 0 Å². The van der Waals surface area contributed by atoms with Crippen LogP contribution in [0.4, 0.5) is 0 Å². The van der Waals surface area contributed by atoms with E-state index in [1.807, 2.05) is 6.07 Å². The third-order valence-electron chi connectivity index (χ3n) is 7.34. The summed E-state index contributed by atoms with van der Waals surface area (Å²) in [6, 6.07) is 10.8. The third kappa shape index (κ3) is 4.85. The van der Waals surface area contributed by atoms with Gasteiger partial charge in [-0.15, -0.1) is 0 Å². The van der Waals surface area contributed by atoms with Crippen LogP contribution in [-0.4, -0.2) is 43.5 Å². The summed E-state index contributed by atoms with van der Waals surface area (Å²) in [6.07, 6.45) is 4.99. The van der Waals surface area contributed by atoms with Crippen molar-refractivity contribution in [3.05, 3.63) is 33.8 Å². The largest absolute Gasteiger partial charge is 0.378 e. The van der Waals surface area contributed by atoms with Crippen LogP contribution in [0.2, 0.25) is 24.2 Å². The molecule has 3 rings (SSSR count). The van der Waals surface area contributed by atoms with Crippen LogP contribution in [0.1, 0.15) is 73.6 Å². The average molecular weight is 481 g/mol. The Morgan fingerprint density at radius 1 is 1.00 bits per heavy atom. The second kappa shape index (κ2) is 9.88. The van der Waals surface area contributed by atoms with Crippen LogP contribution in [0.3, 0.4) is 0 Å². The van der Waals surface area contributed by atoms with Gasteiger partial charge in [-0.1, -0.05) is 60.9 Å². The minimum Gasteiger partial charge on any atom is -0.378 e. The van der Waals surface area contributed by atoms with Crippen LogP contribution in [0.15, 0.2) is 22.7 Å². The van der Waals surface area contributed by atoms with Crippen molar-refractivity contribution in [3.63, 3.8) is 0 Å². The van der Waals surface area contributed by atoms with Gasteiger partial charge in [0.05, 0.1) is 25.3 Å². The minimum absolute atomic E-state index is 0.00126. The van der Waals surface area contributed by atoms with E-state index in [0.29, 0.717) is 11.1 Å². The number of amides is 2. The van der Waals surface area contributed by atoms with Gasteiger partial charge in [0.15, 0.2) is 0 Å². The molecular formula is C23H34BrNO3Si. The molecule has 1 aliphatic carbocycles. The molecule has 0 bridgehead atoms. The van der Waals surface area contributed by atoms with Crippen LogP contribution in [0.25, 0.3) is 0 Å². The maximum absolute atomic E-state index is 12.8. The molecule has 2 amide bonds. The molecular weight excluding hydrogens is 446 g/mol. The summed E-state index contributed by atoms with van der Waals surface area (Å²) in [6.45, 7) is 7.93. The molecule has 0 spiro atoms. The zero-order valence-electron chi connectivity index (χ0n) is 18.0. The van der Waals surface area contributed by atoms with E-state index in [-0.39, 0.29) is 24.0 Å². The zero-order chi connectivity index (χ0) is 21.0. The Balaban J connectivity index is 1.47. The first kappa shape index (κ1) is 22.7. The number of hydrogen-bond acceptors (Lipinski definition) is 3. The van der Waals surface area contributed by atoms with Gasteiger partial charge < -0.3 is 4.74 Å². The fourth-order valence-corrected chi connectivity index (χ4v) is 8.83. The van der Waals surface area contributed by atoms with Crippen molar-refractivity contribution < 1.29 is 14.3 Å². The van der Waals surface area contributed by atoms with Crippen LogP contribution in [0.5, 0.6) is 0 Å². The van der Waals surface area contributed by atoms with Gasteiger partial charge in [0.1, 0.15) is 0 Å². The molecule has 0 saturated heterocycles. The summed E-state index contributed by atoms with van der Waals surface area (Å²) in [5.74, 6) is -0.280. The Hall–Kier alpha value is -0.983. The lowest BCUT2D eigenvalue weighted by Crippen LogP contribution is -2.43. The van der Waals surface area contributed by atoms with Gasteiger partial charge in [-0.2, -0.15) is 0 Å². The SMILES string of the molecule is CC[Si](CC)(CC)CCCOC1CCC(N2C(=O)c3ccc(Br)cc3C2=O)CC1. The summed E-state index contributed by atoms with van der Waals surface area (Å²) in [7, 11) is -1.05. The van der Waals surface area contributed by atoms with E-state index < -0.39 is 8.07 Å². The van der Waals surface area contributed by atoms with E-state index in [2.05, 4.69) is 36.7 Å². The highest BCUT2D eigenvalue weighted by Gasteiger charge is 2.41. The lowest BCUT2D eigenvalue weighted by molar-refractivity contribution is 0.00952. The number of halogens is 1. The number of ether oxygens (including phenoxy) is 1. The molecule has 4 nitrogen and oxygen atoms in total. The van der Waals surface area contributed by atoms with Gasteiger partial charge in [-0.3, -0.25) is 14.5 Å². The fraction of sp³-hybridized carbons (Fsp3) is 0.652. The summed E-state index contributed by atoms with van der Waals surface area (Å²) < 4.78 is 7.01. The van der Waals surface area contributed by atoms with Gasteiger partial charge >= 0.3 is 0 Å². The summed E-state index contributed by atoms with van der Waals surface area (Å²) >= 11 is 3.40. The van der Waals surface area contributed by atoms with Gasteiger partial charge in [0.2, 0.25) is 0 Å². The van der Waals surface area contributed by atoms with Crippen molar-refractivity contribution in [1.29, 1.82) is 0 Å². The number of hydrogen-bond donors (Lipinski definition) is 0. The summed E-state index contributed by atoms with van der Waals surface area (Å²) in [5.41, 5.74) is 1.06. The third-order valence-corrected chi connectivity index (χ3v) is 13.8. The lowest BCUT2D eigenvalue weighted by atomic mass is 9.92. The standard InChI is InChI=1S/C23H34BrNO3Si/c1-4-29(5-2,6-3)15-7-14-28-19-11-9-18(10-12-19)25-22(26)20-13-8-17(24)16-21(20)23(25)27/h8,13,16,18-19H,4-7,9-12,14-15H2,1-3H3. The first-order valence-electron chi connectivity index (χ1n) is 11.2. The quantitative estimate of drug-likeness (QED) is 0.238. The first-order valence-corrected chi connectivity index (χ1v) is 14.9. The Bertz CT molecular complexity index is 733. The summed E-state index contributed by atoms with van der Waals surface area (Å²) in [5, 5.41) is 0. The number of carbonyl (C=O) groups excluding carboxylic acids is 2. The van der Waals surface area contributed by atoms with Crippen LogP contribution in [0, 0.1) is 0 Å². The van der Waals surface area contributed by atoms with Gasteiger partial charge in [-0.05, 0) is 50.3 Å². The highest BCUT2D eigenvalue weighted by Crippen LogP contribution is 2.33. The Kier molecular flexibility index (Phi) is 7.73. The number of imide groups is 1. The second-order valence-electron chi connectivity index (χ2n) is 8.64. The van der Waals surface area contributed by atoms with E-state index in [1.54, 1.807) is 12.1 Å². The molecule has 0 aromatic heterocycles. The zero-order valence-corrected chi connectivity index (χ0v) is 20.6. The van der Waals surface area contributed by atoms with Crippen LogP contribution < -0.4 is 0 Å². The van der Waals surface area contributed by atoms with Gasteiger partial charge in [0, 0.05) is 17.1 Å². The molecule has 1 heterocycles. The molecule has 0 radical (unpaired) electrons. The van der Waals surface area contributed by atoms with Crippen LogP contribution in [-0.2, 0) is 4.74 Å². The second-order valence-corrected chi connectivity index (χ2v) is 15.2. The van der Waals surface area contributed by atoms with Crippen molar-refractivity contribution in [2.75, 3.05) is 6.61 Å². The molecule has 1 aliphatic heterocycles. The smallest absolute Gasteiger partial charge is 0.261 e. The van der Waals surface area contributed by atoms with Gasteiger partial charge in [0.25, 0.3) is 11.8 Å². The molecule has 1 saturated carbocycles. The van der Waals surface area contributed by atoms with E-state index >= 15 is 0 Å². The first-order chi connectivity index (χ1) is 13.9. The molecule has 1 fully saturated rings. The van der Waals surface area contributed by atoms with Crippen molar-refractivity contribution in [3.8, 4) is 0 Å². The maximum atomic E-state index is 12.8. The molecule has 29 heavy (non-hydrogen) atoms. The van der Waals surface area contributed by atoms with E-state index in [1.165, 1.54) is 35.5 Å². The van der Waals surface area contributed by atoms with Crippen molar-refractivity contribution in [2.45, 2.75) is 89.2 Å². The predicted octanol–water partition coefficient (Wildman–Crippen LogP) is 6.27. The van der Waals surface area contributed by atoms with E-state index in [0.717, 1.165) is 36.8 Å². The molecule has 6 heteroatoms. The topological polar surface area (TPSA) is 46.6 Å². The van der Waals surface area contributed by atoms with Crippen molar-refractivity contribution in [1.82, 2.24) is 4.90 Å². The maximum Gasteiger partial charge on any atom is 0.261 e. The Morgan fingerprint density at radius 3 is 2.24 bits per heavy atom. The lowest BCUT2D eigenvalue weighted by Gasteiger charge is -2.33. The molecule has 0 unspecified atom stereocenters. The summed E-state index contributed by atoms with van der Waals surface area (Å²) in [4.78, 5) is 27.0. The van der Waals surface area contributed by atoms with E-state index in [4.69, 9.17) is 4.74 Å². The Morgan fingerprint density at radius 2 is 1.62 bits per heavy atom. The number of carbonyl (C=O) groups is 2. The monoisotopic (exact) mass is 479 g/mol. The van der Waals surface area contributed by atoms with E-state index in [9.17, 15) is 9.59 Å². The minimum atomic E-state index is -1.05. The fourth-order valence-electron chi connectivity index (χ4n) is 5.01.